The molecule has 2 aliphatic rings. The molecule has 27 heavy (non-hydrogen) atoms. The predicted molar refractivity (Wildman–Crippen MR) is 97.9 cm³/mol. The molecule has 3 heterocycles. The summed E-state index contributed by atoms with van der Waals surface area (Å²) in [5.74, 6) is 2.03. The first kappa shape index (κ1) is 17.9. The van der Waals surface area contributed by atoms with E-state index in [0.717, 1.165) is 45.0 Å². The Labute approximate surface area is 158 Å². The molecular weight excluding hydrogens is 348 g/mol. The molecule has 0 unspecified atom stereocenters. The summed E-state index contributed by atoms with van der Waals surface area (Å²) < 4.78 is 21.6. The first-order valence-corrected chi connectivity index (χ1v) is 9.31. The van der Waals surface area contributed by atoms with Crippen molar-refractivity contribution in [3.8, 4) is 11.5 Å². The molecule has 0 aliphatic carbocycles. The first-order chi connectivity index (χ1) is 13.3. The van der Waals surface area contributed by atoms with Crippen molar-refractivity contribution in [3.63, 3.8) is 0 Å². The van der Waals surface area contributed by atoms with Gasteiger partial charge in [0.15, 0.2) is 11.5 Å². The van der Waals surface area contributed by atoms with Crippen molar-refractivity contribution >= 4 is 5.91 Å². The van der Waals surface area contributed by atoms with E-state index in [1.165, 1.54) is 0 Å². The summed E-state index contributed by atoms with van der Waals surface area (Å²) in [5, 5.41) is 0. The fourth-order valence-corrected chi connectivity index (χ4v) is 3.37. The van der Waals surface area contributed by atoms with Crippen LogP contribution in [0.3, 0.4) is 0 Å². The van der Waals surface area contributed by atoms with Gasteiger partial charge in [-0.1, -0.05) is 0 Å². The Hall–Kier alpha value is -2.51. The summed E-state index contributed by atoms with van der Waals surface area (Å²) in [4.78, 5) is 17.3. The largest absolute Gasteiger partial charge is 0.467 e. The molecule has 0 bridgehead atoms. The zero-order chi connectivity index (χ0) is 18.5. The van der Waals surface area contributed by atoms with E-state index in [4.69, 9.17) is 18.6 Å². The van der Waals surface area contributed by atoms with Crippen LogP contribution in [0, 0.1) is 0 Å². The molecule has 7 nitrogen and oxygen atoms in total. The molecule has 1 aromatic carbocycles. The van der Waals surface area contributed by atoms with Gasteiger partial charge in [0.1, 0.15) is 5.76 Å². The zero-order valence-electron chi connectivity index (χ0n) is 15.3. The summed E-state index contributed by atoms with van der Waals surface area (Å²) >= 11 is 0. The summed E-state index contributed by atoms with van der Waals surface area (Å²) in [6, 6.07) is 9.05. The normalized spacial score (nSPS) is 16.4. The van der Waals surface area contributed by atoms with Gasteiger partial charge < -0.3 is 23.5 Å². The molecule has 2 aromatic rings. The number of hydrogen-bond acceptors (Lipinski definition) is 6. The monoisotopic (exact) mass is 372 g/mol. The lowest BCUT2D eigenvalue weighted by molar-refractivity contribution is 0.0354. The summed E-state index contributed by atoms with van der Waals surface area (Å²) in [5.41, 5.74) is 0.595. The Morgan fingerprint density at radius 1 is 1.11 bits per heavy atom. The fourth-order valence-electron chi connectivity index (χ4n) is 3.37. The highest BCUT2D eigenvalue weighted by molar-refractivity contribution is 5.95. The van der Waals surface area contributed by atoms with E-state index in [2.05, 4.69) is 4.90 Å². The van der Waals surface area contributed by atoms with E-state index >= 15 is 0 Å². The van der Waals surface area contributed by atoms with E-state index in [9.17, 15) is 4.79 Å². The van der Waals surface area contributed by atoms with E-state index in [1.807, 2.05) is 17.0 Å². The van der Waals surface area contributed by atoms with Crippen LogP contribution in [0.4, 0.5) is 0 Å². The number of carbonyl (C=O) groups excluding carboxylic acids is 1. The number of amides is 1. The van der Waals surface area contributed by atoms with Crippen LogP contribution in [0.1, 0.15) is 22.5 Å². The third kappa shape index (κ3) is 4.43. The quantitative estimate of drug-likeness (QED) is 0.744. The minimum Gasteiger partial charge on any atom is -0.467 e. The number of benzene rings is 1. The standard InChI is InChI=1S/C20H24N2O5/c23-20(16-4-5-18-19(13-16)27-15-26-18)22(14-17-3-1-10-25-17)7-2-6-21-8-11-24-12-9-21/h1,3-5,10,13H,2,6-9,11-12,14-15H2. The van der Waals surface area contributed by atoms with Gasteiger partial charge in [0, 0.05) is 31.7 Å². The number of furan rings is 1. The van der Waals surface area contributed by atoms with Crippen molar-refractivity contribution in [3.05, 3.63) is 47.9 Å². The topological polar surface area (TPSA) is 64.4 Å². The van der Waals surface area contributed by atoms with Crippen molar-refractivity contribution in [1.29, 1.82) is 0 Å². The second-order valence-electron chi connectivity index (χ2n) is 6.68. The van der Waals surface area contributed by atoms with Crippen LogP contribution >= 0.6 is 0 Å². The number of fused-ring (bicyclic) bond motifs is 1. The molecule has 1 aromatic heterocycles. The Kier molecular flexibility index (Phi) is 5.60. The average Bonchev–Trinajstić information content (AvgIpc) is 3.38. The molecule has 0 atom stereocenters. The average molecular weight is 372 g/mol. The van der Waals surface area contributed by atoms with Gasteiger partial charge in [-0.05, 0) is 36.8 Å². The molecule has 0 saturated carbocycles. The van der Waals surface area contributed by atoms with Gasteiger partial charge >= 0.3 is 0 Å². The number of hydrogen-bond donors (Lipinski definition) is 0. The van der Waals surface area contributed by atoms with Crippen LogP contribution in [-0.4, -0.2) is 61.9 Å². The Bertz CT molecular complexity index is 756. The molecule has 4 rings (SSSR count). The molecule has 0 N–H and O–H groups in total. The highest BCUT2D eigenvalue weighted by Gasteiger charge is 2.21. The molecule has 144 valence electrons. The lowest BCUT2D eigenvalue weighted by atomic mass is 10.1. The number of morpholine rings is 1. The number of nitrogens with zero attached hydrogens (tertiary/aromatic N) is 2. The Balaban J connectivity index is 1.42. The van der Waals surface area contributed by atoms with Crippen molar-refractivity contribution in [2.45, 2.75) is 13.0 Å². The van der Waals surface area contributed by atoms with E-state index in [-0.39, 0.29) is 12.7 Å². The van der Waals surface area contributed by atoms with Gasteiger partial charge in [-0.15, -0.1) is 0 Å². The molecule has 0 radical (unpaired) electrons. The van der Waals surface area contributed by atoms with Crippen molar-refractivity contribution < 1.29 is 23.4 Å². The lowest BCUT2D eigenvalue weighted by Gasteiger charge is -2.28. The smallest absolute Gasteiger partial charge is 0.254 e. The second kappa shape index (κ2) is 8.45. The number of ether oxygens (including phenoxy) is 3. The highest BCUT2D eigenvalue weighted by Crippen LogP contribution is 2.33. The van der Waals surface area contributed by atoms with Gasteiger partial charge in [0.2, 0.25) is 6.79 Å². The highest BCUT2D eigenvalue weighted by atomic mass is 16.7. The van der Waals surface area contributed by atoms with Crippen LogP contribution in [0.25, 0.3) is 0 Å². The lowest BCUT2D eigenvalue weighted by Crippen LogP contribution is -2.39. The maximum Gasteiger partial charge on any atom is 0.254 e. The maximum absolute atomic E-state index is 13.1. The number of carbonyl (C=O) groups is 1. The molecule has 0 spiro atoms. The van der Waals surface area contributed by atoms with Crippen LogP contribution in [0.2, 0.25) is 0 Å². The third-order valence-corrected chi connectivity index (χ3v) is 4.84. The van der Waals surface area contributed by atoms with Gasteiger partial charge in [-0.25, -0.2) is 0 Å². The van der Waals surface area contributed by atoms with E-state index in [0.29, 0.717) is 30.2 Å². The minimum atomic E-state index is -0.0355. The van der Waals surface area contributed by atoms with Crippen molar-refractivity contribution in [2.75, 3.05) is 46.2 Å². The Morgan fingerprint density at radius 2 is 1.96 bits per heavy atom. The molecule has 2 aliphatic heterocycles. The summed E-state index contributed by atoms with van der Waals surface area (Å²) in [6.07, 6.45) is 2.53. The molecular formula is C20H24N2O5. The Morgan fingerprint density at radius 3 is 2.78 bits per heavy atom. The maximum atomic E-state index is 13.1. The molecule has 1 saturated heterocycles. The fraction of sp³-hybridized carbons (Fsp3) is 0.450. The van der Waals surface area contributed by atoms with Gasteiger partial charge in [0.05, 0.1) is 26.0 Å². The number of rotatable bonds is 7. The van der Waals surface area contributed by atoms with Crippen LogP contribution in [0.5, 0.6) is 11.5 Å². The third-order valence-electron chi connectivity index (χ3n) is 4.84. The van der Waals surface area contributed by atoms with Crippen LogP contribution in [-0.2, 0) is 11.3 Å². The molecule has 1 amide bonds. The SMILES string of the molecule is O=C(c1ccc2c(c1)OCO2)N(CCCN1CCOCC1)Cc1ccco1. The second-order valence-corrected chi connectivity index (χ2v) is 6.68. The first-order valence-electron chi connectivity index (χ1n) is 9.31. The minimum absolute atomic E-state index is 0.0355. The van der Waals surface area contributed by atoms with Crippen molar-refractivity contribution in [2.24, 2.45) is 0 Å². The molecule has 7 heteroatoms. The van der Waals surface area contributed by atoms with Crippen LogP contribution in [0.15, 0.2) is 41.0 Å². The van der Waals surface area contributed by atoms with Crippen molar-refractivity contribution in [1.82, 2.24) is 9.80 Å². The summed E-state index contributed by atoms with van der Waals surface area (Å²) in [7, 11) is 0. The van der Waals surface area contributed by atoms with Gasteiger partial charge in [-0.2, -0.15) is 0 Å². The van der Waals surface area contributed by atoms with Crippen LogP contribution < -0.4 is 9.47 Å². The summed E-state index contributed by atoms with van der Waals surface area (Å²) in [6.45, 7) is 5.73. The van der Waals surface area contributed by atoms with E-state index in [1.54, 1.807) is 24.5 Å². The molecule has 1 fully saturated rings. The van der Waals surface area contributed by atoms with Gasteiger partial charge in [-0.3, -0.25) is 9.69 Å². The van der Waals surface area contributed by atoms with E-state index < -0.39 is 0 Å². The predicted octanol–water partition coefficient (Wildman–Crippen LogP) is 2.37. The van der Waals surface area contributed by atoms with Gasteiger partial charge in [0.25, 0.3) is 5.91 Å². The zero-order valence-corrected chi connectivity index (χ0v) is 15.3.